The van der Waals surface area contributed by atoms with Crippen molar-refractivity contribution in [1.29, 1.82) is 0 Å². The van der Waals surface area contributed by atoms with Crippen LogP contribution in [0.5, 0.6) is 0 Å². The number of imidazole rings is 1. The number of aryl methyl sites for hydroxylation is 1. The van der Waals surface area contributed by atoms with Gasteiger partial charge in [-0.25, -0.2) is 13.4 Å². The van der Waals surface area contributed by atoms with Crippen molar-refractivity contribution in [3.05, 3.63) is 42.2 Å². The van der Waals surface area contributed by atoms with Crippen LogP contribution in [0.1, 0.15) is 5.56 Å². The minimum atomic E-state index is -3.73. The summed E-state index contributed by atoms with van der Waals surface area (Å²) in [6.07, 6.45) is 3.70. The highest BCUT2D eigenvalue weighted by Gasteiger charge is 2.30. The molecule has 7 heteroatoms. The fraction of sp³-hybridized carbons (Fsp3) is 0.286. The number of carbonyl (C=O) groups is 1. The predicted molar refractivity (Wildman–Crippen MR) is 77.8 cm³/mol. The summed E-state index contributed by atoms with van der Waals surface area (Å²) in [5, 5.41) is -0.0802. The van der Waals surface area contributed by atoms with Crippen molar-refractivity contribution >= 4 is 21.4 Å². The van der Waals surface area contributed by atoms with Gasteiger partial charge < -0.3 is 9.47 Å². The lowest BCUT2D eigenvalue weighted by Crippen LogP contribution is -2.35. The fourth-order valence-corrected chi connectivity index (χ4v) is 3.89. The van der Waals surface area contributed by atoms with Crippen LogP contribution in [0.3, 0.4) is 0 Å². The summed E-state index contributed by atoms with van der Waals surface area (Å²) in [5.41, 5.74) is 1.87. The topological polar surface area (TPSA) is 72.3 Å². The van der Waals surface area contributed by atoms with Gasteiger partial charge in [-0.15, -0.1) is 0 Å². The molecule has 0 N–H and O–H groups in total. The summed E-state index contributed by atoms with van der Waals surface area (Å²) in [4.78, 5) is 17.7. The van der Waals surface area contributed by atoms with E-state index >= 15 is 0 Å². The number of para-hydroxylation sites is 1. The molecule has 6 nitrogen and oxygen atoms in total. The molecule has 1 aliphatic heterocycles. The number of hydrogen-bond donors (Lipinski definition) is 0. The Balaban J connectivity index is 1.84. The number of sulfone groups is 1. The third-order valence-electron chi connectivity index (χ3n) is 3.56. The average Bonchev–Trinajstić information content (AvgIpc) is 3.04. The van der Waals surface area contributed by atoms with E-state index in [1.165, 1.54) is 15.7 Å². The largest absolute Gasteiger partial charge is 0.325 e. The van der Waals surface area contributed by atoms with Gasteiger partial charge in [-0.1, -0.05) is 18.2 Å². The molecule has 0 radical (unpaired) electrons. The summed E-state index contributed by atoms with van der Waals surface area (Å²) in [5.74, 6) is -0.977. The second-order valence-corrected chi connectivity index (χ2v) is 6.89. The number of hydrogen-bond acceptors (Lipinski definition) is 4. The highest BCUT2D eigenvalue weighted by Crippen LogP contribution is 2.27. The van der Waals surface area contributed by atoms with Crippen LogP contribution in [0.4, 0.5) is 5.69 Å². The van der Waals surface area contributed by atoms with Crippen LogP contribution in [-0.4, -0.2) is 36.2 Å². The van der Waals surface area contributed by atoms with Crippen molar-refractivity contribution in [1.82, 2.24) is 9.55 Å². The Morgan fingerprint density at radius 2 is 2.10 bits per heavy atom. The summed E-state index contributed by atoms with van der Waals surface area (Å²) < 4.78 is 25.9. The number of anilines is 1. The number of amides is 1. The van der Waals surface area contributed by atoms with Crippen LogP contribution < -0.4 is 4.90 Å². The molecule has 0 aliphatic carbocycles. The van der Waals surface area contributed by atoms with E-state index in [0.29, 0.717) is 6.54 Å². The highest BCUT2D eigenvalue weighted by molar-refractivity contribution is 7.92. The van der Waals surface area contributed by atoms with E-state index in [0.717, 1.165) is 17.7 Å². The fourth-order valence-electron chi connectivity index (χ4n) is 2.55. The van der Waals surface area contributed by atoms with Gasteiger partial charge in [0.2, 0.25) is 20.9 Å². The number of nitrogens with zero attached hydrogens (tertiary/aromatic N) is 3. The van der Waals surface area contributed by atoms with Crippen molar-refractivity contribution in [2.24, 2.45) is 7.05 Å². The molecule has 1 amide bonds. The van der Waals surface area contributed by atoms with E-state index in [-0.39, 0.29) is 5.16 Å². The lowest BCUT2D eigenvalue weighted by atomic mass is 10.2. The number of fused-ring (bicyclic) bond motifs is 1. The summed E-state index contributed by atoms with van der Waals surface area (Å²) in [6.45, 7) is 0.522. The lowest BCUT2D eigenvalue weighted by Gasteiger charge is -2.17. The SMILES string of the molecule is Cn1ccnc1S(=O)(=O)CC(=O)N1CCc2ccccc21. The zero-order valence-corrected chi connectivity index (χ0v) is 12.4. The standard InChI is InChI=1S/C14H15N3O3S/c1-16-9-7-15-14(16)21(19,20)10-13(18)17-8-6-11-4-2-3-5-12(11)17/h2-5,7,9H,6,8,10H2,1H3. The summed E-state index contributed by atoms with van der Waals surface area (Å²) in [7, 11) is -2.13. The highest BCUT2D eigenvalue weighted by atomic mass is 32.2. The van der Waals surface area contributed by atoms with Crippen LogP contribution in [0.2, 0.25) is 0 Å². The molecule has 0 fully saturated rings. The minimum absolute atomic E-state index is 0.0802. The third kappa shape index (κ3) is 2.44. The first-order valence-electron chi connectivity index (χ1n) is 6.57. The maximum atomic E-state index is 12.3. The van der Waals surface area contributed by atoms with Gasteiger partial charge in [-0.2, -0.15) is 0 Å². The molecule has 0 saturated carbocycles. The third-order valence-corrected chi connectivity index (χ3v) is 5.13. The van der Waals surface area contributed by atoms with E-state index in [2.05, 4.69) is 4.98 Å². The molecule has 2 aromatic rings. The van der Waals surface area contributed by atoms with Crippen molar-refractivity contribution < 1.29 is 13.2 Å². The zero-order chi connectivity index (χ0) is 15.0. The Morgan fingerprint density at radius 3 is 2.81 bits per heavy atom. The molecule has 3 rings (SSSR count). The van der Waals surface area contributed by atoms with Gasteiger partial charge in [0.1, 0.15) is 5.75 Å². The molecular weight excluding hydrogens is 290 g/mol. The van der Waals surface area contributed by atoms with E-state index in [1.807, 2.05) is 24.3 Å². The normalized spacial score (nSPS) is 14.2. The van der Waals surface area contributed by atoms with Crippen molar-refractivity contribution in [2.45, 2.75) is 11.6 Å². The van der Waals surface area contributed by atoms with Crippen LogP contribution in [0, 0.1) is 0 Å². The molecule has 0 spiro atoms. The summed E-state index contributed by atoms with van der Waals surface area (Å²) in [6, 6.07) is 7.55. The Labute approximate surface area is 122 Å². The number of benzene rings is 1. The number of rotatable bonds is 3. The smallest absolute Gasteiger partial charge is 0.242 e. The second-order valence-electron chi connectivity index (χ2n) is 5.00. The van der Waals surface area contributed by atoms with E-state index in [9.17, 15) is 13.2 Å². The molecular formula is C14H15N3O3S. The van der Waals surface area contributed by atoms with Crippen LogP contribution in [0.25, 0.3) is 0 Å². The van der Waals surface area contributed by atoms with Gasteiger partial charge in [0.05, 0.1) is 0 Å². The zero-order valence-electron chi connectivity index (χ0n) is 11.6. The molecule has 0 bridgehead atoms. The van der Waals surface area contributed by atoms with E-state index in [4.69, 9.17) is 0 Å². The first-order chi connectivity index (χ1) is 9.99. The maximum Gasteiger partial charge on any atom is 0.242 e. The number of aromatic nitrogens is 2. The van der Waals surface area contributed by atoms with Gasteiger partial charge >= 0.3 is 0 Å². The first-order valence-corrected chi connectivity index (χ1v) is 8.22. The molecule has 1 aromatic carbocycles. The van der Waals surface area contributed by atoms with E-state index in [1.54, 1.807) is 13.2 Å². The molecule has 0 atom stereocenters. The Kier molecular flexibility index (Phi) is 3.29. The van der Waals surface area contributed by atoms with Crippen LogP contribution >= 0.6 is 0 Å². The quantitative estimate of drug-likeness (QED) is 0.840. The molecule has 2 heterocycles. The molecule has 1 aromatic heterocycles. The van der Waals surface area contributed by atoms with Gasteiger partial charge in [-0.3, -0.25) is 4.79 Å². The first kappa shape index (κ1) is 13.8. The van der Waals surface area contributed by atoms with Crippen LogP contribution in [-0.2, 0) is 28.1 Å². The van der Waals surface area contributed by atoms with Crippen LogP contribution in [0.15, 0.2) is 41.8 Å². The predicted octanol–water partition coefficient (Wildman–Crippen LogP) is 0.783. The van der Waals surface area contributed by atoms with Crippen molar-refractivity contribution in [3.8, 4) is 0 Å². The van der Waals surface area contributed by atoms with E-state index < -0.39 is 21.5 Å². The minimum Gasteiger partial charge on any atom is -0.325 e. The lowest BCUT2D eigenvalue weighted by molar-refractivity contribution is -0.116. The molecule has 0 saturated heterocycles. The molecule has 0 unspecified atom stereocenters. The number of carbonyl (C=O) groups excluding carboxylic acids is 1. The maximum absolute atomic E-state index is 12.3. The molecule has 1 aliphatic rings. The van der Waals surface area contributed by atoms with Gasteiger partial charge in [0.15, 0.2) is 0 Å². The van der Waals surface area contributed by atoms with Crippen molar-refractivity contribution in [2.75, 3.05) is 17.2 Å². The Bertz CT molecular complexity index is 795. The molecule has 21 heavy (non-hydrogen) atoms. The molecule has 110 valence electrons. The average molecular weight is 305 g/mol. The van der Waals surface area contributed by atoms with Gasteiger partial charge in [0.25, 0.3) is 0 Å². The second kappa shape index (κ2) is 5.00. The Morgan fingerprint density at radius 1 is 1.33 bits per heavy atom. The monoisotopic (exact) mass is 305 g/mol. The van der Waals surface area contributed by atoms with Crippen molar-refractivity contribution in [3.63, 3.8) is 0 Å². The summed E-state index contributed by atoms with van der Waals surface area (Å²) >= 11 is 0. The van der Waals surface area contributed by atoms with Gasteiger partial charge in [-0.05, 0) is 18.1 Å². The Hall–Kier alpha value is -2.15. The van der Waals surface area contributed by atoms with Gasteiger partial charge in [0, 0.05) is 31.7 Å².